The van der Waals surface area contributed by atoms with Gasteiger partial charge < -0.3 is 19.4 Å². The molecule has 2 aliphatic rings. The molecule has 2 aliphatic heterocycles. The van der Waals surface area contributed by atoms with Crippen LogP contribution in [0, 0.1) is 18.8 Å². The molecule has 8 nitrogen and oxygen atoms in total. The van der Waals surface area contributed by atoms with E-state index in [9.17, 15) is 14.7 Å². The third-order valence-electron chi connectivity index (χ3n) is 5.87. The molecular formula is C21H26N4O4. The summed E-state index contributed by atoms with van der Waals surface area (Å²) in [6, 6.07) is 7.15. The highest BCUT2D eigenvalue weighted by Gasteiger charge is 2.38. The fraction of sp³-hybridized carbons (Fsp3) is 0.524. The molecule has 4 rings (SSSR count). The van der Waals surface area contributed by atoms with Crippen molar-refractivity contribution in [3.63, 3.8) is 0 Å². The number of amides is 2. The number of hydrogen-bond donors (Lipinski definition) is 1. The number of carbonyl (C=O) groups is 2. The predicted octanol–water partition coefficient (Wildman–Crippen LogP) is 1.29. The molecule has 2 aromatic heterocycles. The van der Waals surface area contributed by atoms with Crippen molar-refractivity contribution in [3.05, 3.63) is 47.6 Å². The molecule has 29 heavy (non-hydrogen) atoms. The number of rotatable bonds is 4. The molecule has 0 spiro atoms. The van der Waals surface area contributed by atoms with Crippen LogP contribution in [-0.2, 0) is 11.2 Å². The Kier molecular flexibility index (Phi) is 5.62. The third-order valence-corrected chi connectivity index (χ3v) is 5.87. The number of likely N-dealkylation sites (tertiary alicyclic amines) is 2. The van der Waals surface area contributed by atoms with Crippen LogP contribution in [0.2, 0.25) is 0 Å². The van der Waals surface area contributed by atoms with Crippen LogP contribution in [0.25, 0.3) is 0 Å². The molecule has 0 radical (unpaired) electrons. The minimum absolute atomic E-state index is 0.0443. The Hall–Kier alpha value is -2.74. The molecule has 2 aromatic rings. The zero-order valence-corrected chi connectivity index (χ0v) is 16.5. The second-order valence-corrected chi connectivity index (χ2v) is 7.99. The normalized spacial score (nSPS) is 22.8. The summed E-state index contributed by atoms with van der Waals surface area (Å²) in [5.74, 6) is 0.571. The number of β-amino-alcohol motifs (C(OH)–C–C–N with tert-alkyl or cyclic N) is 1. The first-order valence-electron chi connectivity index (χ1n) is 10.1. The van der Waals surface area contributed by atoms with Crippen LogP contribution in [-0.4, -0.2) is 69.1 Å². The van der Waals surface area contributed by atoms with Crippen molar-refractivity contribution < 1.29 is 19.2 Å². The maximum Gasteiger partial charge on any atom is 0.272 e. The van der Waals surface area contributed by atoms with Crippen LogP contribution in [0.15, 0.2) is 35.0 Å². The SMILES string of the molecule is Cc1cc(C[C@@H]2CN(C(=O)C3CCN(C(=O)c4ccccn4)CC3)C[C@@H]2O)on1. The van der Waals surface area contributed by atoms with E-state index in [-0.39, 0.29) is 23.7 Å². The van der Waals surface area contributed by atoms with E-state index in [2.05, 4.69) is 10.1 Å². The Labute approximate surface area is 169 Å². The summed E-state index contributed by atoms with van der Waals surface area (Å²) in [5.41, 5.74) is 1.25. The van der Waals surface area contributed by atoms with Gasteiger partial charge in [0.05, 0.1) is 11.8 Å². The summed E-state index contributed by atoms with van der Waals surface area (Å²) in [6.07, 6.45) is 2.89. The predicted molar refractivity (Wildman–Crippen MR) is 104 cm³/mol. The molecule has 0 aromatic carbocycles. The van der Waals surface area contributed by atoms with Crippen molar-refractivity contribution in [2.75, 3.05) is 26.2 Å². The summed E-state index contributed by atoms with van der Waals surface area (Å²) < 4.78 is 5.25. The maximum absolute atomic E-state index is 13.0. The Morgan fingerprint density at radius 3 is 2.66 bits per heavy atom. The highest BCUT2D eigenvalue weighted by atomic mass is 16.5. The van der Waals surface area contributed by atoms with Crippen molar-refractivity contribution in [2.24, 2.45) is 11.8 Å². The van der Waals surface area contributed by atoms with Crippen LogP contribution in [0.4, 0.5) is 0 Å². The number of aliphatic hydroxyl groups excluding tert-OH is 1. The van der Waals surface area contributed by atoms with Gasteiger partial charge in [0.1, 0.15) is 11.5 Å². The maximum atomic E-state index is 13.0. The lowest BCUT2D eigenvalue weighted by Gasteiger charge is -2.33. The van der Waals surface area contributed by atoms with Crippen LogP contribution < -0.4 is 0 Å². The van der Waals surface area contributed by atoms with Crippen molar-refractivity contribution >= 4 is 11.8 Å². The second kappa shape index (κ2) is 8.32. The quantitative estimate of drug-likeness (QED) is 0.833. The Morgan fingerprint density at radius 1 is 1.21 bits per heavy atom. The molecule has 0 bridgehead atoms. The van der Waals surface area contributed by atoms with Crippen LogP contribution in [0.5, 0.6) is 0 Å². The minimum Gasteiger partial charge on any atom is -0.391 e. The zero-order chi connectivity index (χ0) is 20.4. The fourth-order valence-electron chi connectivity index (χ4n) is 4.24. The van der Waals surface area contributed by atoms with E-state index >= 15 is 0 Å². The fourth-order valence-corrected chi connectivity index (χ4v) is 4.24. The number of aliphatic hydroxyl groups is 1. The smallest absolute Gasteiger partial charge is 0.272 e. The van der Waals surface area contributed by atoms with E-state index in [1.54, 1.807) is 34.2 Å². The topological polar surface area (TPSA) is 99.8 Å². The van der Waals surface area contributed by atoms with E-state index in [1.807, 2.05) is 13.0 Å². The molecule has 2 saturated heterocycles. The highest BCUT2D eigenvalue weighted by molar-refractivity contribution is 5.92. The van der Waals surface area contributed by atoms with Gasteiger partial charge in [0.25, 0.3) is 5.91 Å². The van der Waals surface area contributed by atoms with Gasteiger partial charge in [-0.1, -0.05) is 11.2 Å². The summed E-state index contributed by atoms with van der Waals surface area (Å²) >= 11 is 0. The van der Waals surface area contributed by atoms with E-state index in [0.29, 0.717) is 51.1 Å². The number of pyridine rings is 1. The third kappa shape index (κ3) is 4.32. The molecule has 8 heteroatoms. The van der Waals surface area contributed by atoms with Crippen molar-refractivity contribution in [1.29, 1.82) is 0 Å². The number of aryl methyl sites for hydroxylation is 1. The molecule has 0 unspecified atom stereocenters. The van der Waals surface area contributed by atoms with Gasteiger partial charge in [-0.05, 0) is 31.9 Å². The molecule has 4 heterocycles. The number of piperidine rings is 1. The largest absolute Gasteiger partial charge is 0.391 e. The highest BCUT2D eigenvalue weighted by Crippen LogP contribution is 2.27. The molecule has 1 N–H and O–H groups in total. The van der Waals surface area contributed by atoms with Crippen molar-refractivity contribution in [2.45, 2.75) is 32.3 Å². The molecular weight excluding hydrogens is 372 g/mol. The molecule has 2 amide bonds. The monoisotopic (exact) mass is 398 g/mol. The van der Waals surface area contributed by atoms with E-state index in [4.69, 9.17) is 4.52 Å². The number of aromatic nitrogens is 2. The van der Waals surface area contributed by atoms with Gasteiger partial charge in [0, 0.05) is 56.7 Å². The lowest BCUT2D eigenvalue weighted by atomic mass is 9.95. The Bertz CT molecular complexity index is 861. The molecule has 0 saturated carbocycles. The van der Waals surface area contributed by atoms with Crippen molar-refractivity contribution in [1.82, 2.24) is 19.9 Å². The zero-order valence-electron chi connectivity index (χ0n) is 16.5. The number of nitrogens with zero attached hydrogens (tertiary/aromatic N) is 4. The average molecular weight is 398 g/mol. The van der Waals surface area contributed by atoms with Gasteiger partial charge >= 0.3 is 0 Å². The standard InChI is InChI=1S/C21H26N4O4/c1-14-10-17(29-23-14)11-16-12-25(13-19(16)26)20(27)15-5-8-24(9-6-15)21(28)18-4-2-3-7-22-18/h2-4,7,10,15-16,19,26H,5-6,8-9,11-13H2,1H3/t16-,19+/m1/s1. The van der Waals surface area contributed by atoms with Gasteiger partial charge in [-0.15, -0.1) is 0 Å². The van der Waals surface area contributed by atoms with Crippen LogP contribution in [0.1, 0.15) is 34.8 Å². The first-order chi connectivity index (χ1) is 14.0. The van der Waals surface area contributed by atoms with E-state index < -0.39 is 6.10 Å². The Balaban J connectivity index is 1.30. The van der Waals surface area contributed by atoms with Gasteiger partial charge in [0.15, 0.2) is 0 Å². The molecule has 2 fully saturated rings. The molecule has 0 aliphatic carbocycles. The summed E-state index contributed by atoms with van der Waals surface area (Å²) in [4.78, 5) is 33.1. The first kappa shape index (κ1) is 19.6. The lowest BCUT2D eigenvalue weighted by molar-refractivity contribution is -0.136. The summed E-state index contributed by atoms with van der Waals surface area (Å²) in [5, 5.41) is 14.3. The van der Waals surface area contributed by atoms with Gasteiger partial charge in [-0.2, -0.15) is 0 Å². The van der Waals surface area contributed by atoms with Gasteiger partial charge in [0.2, 0.25) is 5.91 Å². The summed E-state index contributed by atoms with van der Waals surface area (Å²) in [6.45, 7) is 3.82. The van der Waals surface area contributed by atoms with Crippen LogP contribution in [0.3, 0.4) is 0 Å². The Morgan fingerprint density at radius 2 is 2.00 bits per heavy atom. The number of hydrogen-bond acceptors (Lipinski definition) is 6. The number of carbonyl (C=O) groups excluding carboxylic acids is 2. The van der Waals surface area contributed by atoms with E-state index in [0.717, 1.165) is 11.5 Å². The summed E-state index contributed by atoms with van der Waals surface area (Å²) in [7, 11) is 0. The lowest BCUT2D eigenvalue weighted by Crippen LogP contribution is -2.44. The minimum atomic E-state index is -0.560. The van der Waals surface area contributed by atoms with E-state index in [1.165, 1.54) is 0 Å². The van der Waals surface area contributed by atoms with Crippen LogP contribution >= 0.6 is 0 Å². The van der Waals surface area contributed by atoms with Gasteiger partial charge in [-0.3, -0.25) is 14.6 Å². The first-order valence-corrected chi connectivity index (χ1v) is 10.1. The second-order valence-electron chi connectivity index (χ2n) is 7.99. The van der Waals surface area contributed by atoms with Crippen molar-refractivity contribution in [3.8, 4) is 0 Å². The molecule has 154 valence electrons. The van der Waals surface area contributed by atoms with Gasteiger partial charge in [-0.25, -0.2) is 0 Å². The molecule has 2 atom stereocenters. The average Bonchev–Trinajstić information content (AvgIpc) is 3.33.